The fraction of sp³-hybridized carbons (Fsp3) is 0.182. The van der Waals surface area contributed by atoms with Crippen LogP contribution in [0, 0.1) is 6.92 Å². The van der Waals surface area contributed by atoms with Gasteiger partial charge in [-0.2, -0.15) is 4.58 Å². The lowest BCUT2D eigenvalue weighted by molar-refractivity contribution is -0.443. The molecule has 0 aromatic heterocycles. The van der Waals surface area contributed by atoms with E-state index < -0.39 is 0 Å². The van der Waals surface area contributed by atoms with Gasteiger partial charge in [-0.15, -0.1) is 4.58 Å². The van der Waals surface area contributed by atoms with E-state index in [0.717, 1.165) is 39.7 Å². The average Bonchev–Trinajstić information content (AvgIpc) is 2.65. The van der Waals surface area contributed by atoms with E-state index in [1.807, 2.05) is 20.0 Å². The maximum atomic E-state index is 6.26. The Kier molecular flexibility index (Phi) is 3.76. The van der Waals surface area contributed by atoms with Gasteiger partial charge in [0.1, 0.15) is 6.72 Å². The zero-order valence-electron chi connectivity index (χ0n) is 15.5. The number of likely N-dealkylation sites (N-methyl/N-ethyl adjacent to an activating group) is 1. The van der Waals surface area contributed by atoms with Crippen molar-refractivity contribution in [3.05, 3.63) is 71.5 Å². The number of hydrogen-bond acceptors (Lipinski definition) is 2. The zero-order valence-corrected chi connectivity index (χ0v) is 15.5. The second-order valence-corrected chi connectivity index (χ2v) is 6.87. The van der Waals surface area contributed by atoms with E-state index in [2.05, 4.69) is 76.7 Å². The van der Waals surface area contributed by atoms with Crippen molar-refractivity contribution in [3.8, 4) is 0 Å². The quantitative estimate of drug-likeness (QED) is 0.645. The predicted molar refractivity (Wildman–Crippen MR) is 110 cm³/mol. The standard InChI is InChI=1S/C22H23N4/c1-14-10-19-21(12-17(14)23)26(16-8-6-5-7-9-16)22-13-18(24-3)15(2)11-20(22)25(19)4/h5-13,20H,4,23H2,1-3H3/q+1/p+1. The van der Waals surface area contributed by atoms with E-state index in [0.29, 0.717) is 0 Å². The van der Waals surface area contributed by atoms with Crippen LogP contribution in [0.3, 0.4) is 0 Å². The fourth-order valence-electron chi connectivity index (χ4n) is 3.74. The number of fused-ring (bicyclic) bond motifs is 2. The Morgan fingerprint density at radius 1 is 1.08 bits per heavy atom. The van der Waals surface area contributed by atoms with Crippen molar-refractivity contribution in [2.75, 3.05) is 12.8 Å². The van der Waals surface area contributed by atoms with Crippen LogP contribution in [0.5, 0.6) is 0 Å². The number of nitrogen functional groups attached to an aromatic ring is 1. The Morgan fingerprint density at radius 2 is 1.81 bits per heavy atom. The van der Waals surface area contributed by atoms with Crippen molar-refractivity contribution < 1.29 is 4.58 Å². The van der Waals surface area contributed by atoms with Crippen molar-refractivity contribution in [3.63, 3.8) is 0 Å². The van der Waals surface area contributed by atoms with Crippen molar-refractivity contribution in [1.82, 2.24) is 9.89 Å². The van der Waals surface area contributed by atoms with E-state index in [4.69, 9.17) is 5.73 Å². The number of benzene rings is 2. The topological polar surface area (TPSA) is 44.1 Å². The van der Waals surface area contributed by atoms with E-state index in [1.165, 1.54) is 5.57 Å². The summed E-state index contributed by atoms with van der Waals surface area (Å²) in [6.07, 6.45) is 4.48. The van der Waals surface area contributed by atoms with Crippen LogP contribution >= 0.6 is 0 Å². The van der Waals surface area contributed by atoms with Gasteiger partial charge in [-0.05, 0) is 31.1 Å². The molecule has 0 fully saturated rings. The number of nitrogens with two attached hydrogens (primary N) is 1. The second kappa shape index (κ2) is 5.99. The molecule has 0 amide bonds. The maximum absolute atomic E-state index is 6.26. The third-order valence-corrected chi connectivity index (χ3v) is 5.22. The highest BCUT2D eigenvalue weighted by Crippen LogP contribution is 2.40. The maximum Gasteiger partial charge on any atom is 0.285 e. The highest BCUT2D eigenvalue weighted by atomic mass is 15.2. The number of anilines is 1. The van der Waals surface area contributed by atoms with Crippen LogP contribution in [0.2, 0.25) is 0 Å². The summed E-state index contributed by atoms with van der Waals surface area (Å²) in [4.78, 5) is 0. The Balaban J connectivity index is 2.09. The van der Waals surface area contributed by atoms with Crippen LogP contribution in [0.4, 0.5) is 22.7 Å². The Bertz CT molecular complexity index is 1010. The van der Waals surface area contributed by atoms with Crippen molar-refractivity contribution in [2.24, 2.45) is 0 Å². The van der Waals surface area contributed by atoms with Gasteiger partial charge in [0.05, 0.1) is 0 Å². The van der Waals surface area contributed by atoms with Gasteiger partial charge in [-0.3, -0.25) is 0 Å². The smallest absolute Gasteiger partial charge is 0.285 e. The van der Waals surface area contributed by atoms with Crippen LogP contribution in [0.25, 0.3) is 0 Å². The molecule has 4 heteroatoms. The third-order valence-electron chi connectivity index (χ3n) is 5.22. The van der Waals surface area contributed by atoms with Gasteiger partial charge in [-0.1, -0.05) is 18.2 Å². The summed E-state index contributed by atoms with van der Waals surface area (Å²) < 4.78 is 4.38. The molecule has 1 aliphatic heterocycles. The lowest BCUT2D eigenvalue weighted by Crippen LogP contribution is -2.41. The fourth-order valence-corrected chi connectivity index (χ4v) is 3.74. The van der Waals surface area contributed by atoms with Gasteiger partial charge in [0.2, 0.25) is 5.69 Å². The summed E-state index contributed by atoms with van der Waals surface area (Å²) in [6.45, 7) is 8.52. The lowest BCUT2D eigenvalue weighted by Gasteiger charge is -2.23. The van der Waals surface area contributed by atoms with E-state index in [-0.39, 0.29) is 6.04 Å². The second-order valence-electron chi connectivity index (χ2n) is 6.87. The van der Waals surface area contributed by atoms with Crippen LogP contribution in [0.1, 0.15) is 12.5 Å². The van der Waals surface area contributed by atoms with Gasteiger partial charge in [0, 0.05) is 48.8 Å². The molecule has 0 spiro atoms. The summed E-state index contributed by atoms with van der Waals surface area (Å²) in [5, 5.41) is 3.30. The number of nitrogens with one attached hydrogen (secondary N) is 1. The van der Waals surface area contributed by atoms with Crippen LogP contribution in [-0.4, -0.2) is 30.1 Å². The first-order valence-electron chi connectivity index (χ1n) is 8.81. The van der Waals surface area contributed by atoms with E-state index >= 15 is 0 Å². The monoisotopic (exact) mass is 344 g/mol. The molecule has 0 radical (unpaired) electrons. The first-order valence-corrected chi connectivity index (χ1v) is 8.81. The first-order chi connectivity index (χ1) is 12.5. The number of aryl methyl sites for hydroxylation is 1. The highest BCUT2D eigenvalue weighted by molar-refractivity contribution is 6.07. The molecule has 3 N–H and O–H groups in total. The molecule has 2 aromatic carbocycles. The molecular weight excluding hydrogens is 320 g/mol. The minimum atomic E-state index is 0.0721. The lowest BCUT2D eigenvalue weighted by atomic mass is 9.94. The number of para-hydroxylation sites is 1. The van der Waals surface area contributed by atoms with Crippen molar-refractivity contribution in [1.29, 1.82) is 0 Å². The normalized spacial score (nSPS) is 18.7. The van der Waals surface area contributed by atoms with Crippen LogP contribution in [-0.2, 0) is 0 Å². The Hall–Kier alpha value is -3.14. The number of rotatable bonds is 2. The summed E-state index contributed by atoms with van der Waals surface area (Å²) in [7, 11) is 1.96. The molecular formula is C22H24N4+2. The average molecular weight is 344 g/mol. The molecule has 130 valence electrons. The molecule has 2 aliphatic rings. The summed E-state index contributed by atoms with van der Waals surface area (Å²) in [5.74, 6) is 0. The summed E-state index contributed by atoms with van der Waals surface area (Å²) in [6, 6.07) is 14.7. The number of nitrogens with zero attached hydrogens (tertiary/aromatic N) is 2. The van der Waals surface area contributed by atoms with E-state index in [9.17, 15) is 0 Å². The first kappa shape index (κ1) is 16.3. The number of hydrogen-bond donors (Lipinski definition) is 2. The molecule has 1 aliphatic carbocycles. The molecule has 2 aromatic rings. The largest absolute Gasteiger partial charge is 0.398 e. The van der Waals surface area contributed by atoms with Gasteiger partial charge in [-0.25, -0.2) is 0 Å². The predicted octanol–water partition coefficient (Wildman–Crippen LogP) is 3.64. The minimum absolute atomic E-state index is 0.0721. The third kappa shape index (κ3) is 2.37. The van der Waals surface area contributed by atoms with Crippen molar-refractivity contribution in [2.45, 2.75) is 19.9 Å². The number of allylic oxidation sites excluding steroid dienone is 1. The molecule has 4 nitrogen and oxygen atoms in total. The molecule has 0 saturated heterocycles. The highest BCUT2D eigenvalue weighted by Gasteiger charge is 2.44. The summed E-state index contributed by atoms with van der Waals surface area (Å²) in [5.41, 5.74) is 14.9. The minimum Gasteiger partial charge on any atom is -0.398 e. The van der Waals surface area contributed by atoms with Gasteiger partial charge >= 0.3 is 0 Å². The Labute approximate surface area is 154 Å². The molecule has 1 atom stereocenters. The molecule has 4 rings (SSSR count). The molecule has 0 saturated carbocycles. The summed E-state index contributed by atoms with van der Waals surface area (Å²) >= 11 is 0. The molecule has 1 heterocycles. The van der Waals surface area contributed by atoms with Gasteiger partial charge < -0.3 is 11.1 Å². The van der Waals surface area contributed by atoms with E-state index in [1.54, 1.807) is 0 Å². The van der Waals surface area contributed by atoms with Gasteiger partial charge in [0.25, 0.3) is 23.1 Å². The molecule has 0 bridgehead atoms. The molecule has 1 unspecified atom stereocenters. The van der Waals surface area contributed by atoms with Crippen molar-refractivity contribution >= 4 is 35.2 Å². The SMILES string of the molecule is C=[N+]1c2cc(C)c(N)cc2[N+](c2ccccc2)=C2C=C(NC)C(C)=CC21. The zero-order chi connectivity index (χ0) is 18.4. The van der Waals surface area contributed by atoms with Crippen LogP contribution < -0.4 is 15.6 Å². The molecule has 26 heavy (non-hydrogen) atoms. The van der Waals surface area contributed by atoms with Crippen LogP contribution in [0.15, 0.2) is 65.9 Å². The van der Waals surface area contributed by atoms with Gasteiger partial charge in [0.15, 0.2) is 0 Å². The Morgan fingerprint density at radius 3 is 2.50 bits per heavy atom.